The Morgan fingerprint density at radius 3 is 2.67 bits per heavy atom. The second-order valence-electron chi connectivity index (χ2n) is 0.691. The smallest absolute Gasteiger partial charge is 0.293 e. The van der Waals surface area contributed by atoms with Gasteiger partial charge < -0.3 is 4.74 Å². The third-order valence-electron chi connectivity index (χ3n) is 0.277. The van der Waals surface area contributed by atoms with E-state index in [1.807, 2.05) is 0 Å². The van der Waals surface area contributed by atoms with Crippen LogP contribution >= 0.6 is 12.6 Å². The van der Waals surface area contributed by atoms with Gasteiger partial charge in [-0.25, -0.2) is 0 Å². The number of thiol groups is 1. The van der Waals surface area contributed by atoms with Gasteiger partial charge in [-0.1, -0.05) is 0 Å². The molecule has 0 heterocycles. The van der Waals surface area contributed by atoms with Gasteiger partial charge in [-0.05, 0) is 0 Å². The first-order chi connectivity index (χ1) is 2.91. The molecule has 0 bridgehead atoms. The summed E-state index contributed by atoms with van der Waals surface area (Å²) in [6.07, 6.45) is 0. The molecular formula is C3H6O2S. The largest absolute Gasteiger partial charge is 0.467 e. The lowest BCUT2D eigenvalue weighted by molar-refractivity contribution is -0.128. The van der Waals surface area contributed by atoms with Gasteiger partial charge in [-0.2, -0.15) is 12.6 Å². The lowest BCUT2D eigenvalue weighted by atomic mass is 10.9. The third-order valence-corrected chi connectivity index (χ3v) is 0.460. The first kappa shape index (κ1) is 5.82. The molecule has 0 fully saturated rings. The van der Waals surface area contributed by atoms with Gasteiger partial charge >= 0.3 is 0 Å². The molecule has 0 unspecified atom stereocenters. The quantitative estimate of drug-likeness (QED) is 0.313. The summed E-state index contributed by atoms with van der Waals surface area (Å²) in [4.78, 5) is 9.31. The summed E-state index contributed by atoms with van der Waals surface area (Å²) < 4.78 is 4.23. The minimum atomic E-state index is 0.409. The van der Waals surface area contributed by atoms with E-state index in [0.717, 1.165) is 0 Å². The minimum Gasteiger partial charge on any atom is -0.467 e. The molecule has 2 nitrogen and oxygen atoms in total. The van der Waals surface area contributed by atoms with Gasteiger partial charge in [0, 0.05) is 5.75 Å². The highest BCUT2D eigenvalue weighted by molar-refractivity contribution is 7.80. The molecule has 0 saturated carbocycles. The zero-order valence-corrected chi connectivity index (χ0v) is 4.15. The topological polar surface area (TPSA) is 26.3 Å². The summed E-state index contributed by atoms with van der Waals surface area (Å²) >= 11 is 3.77. The number of carbonyl (C=O) groups excluding carboxylic acids is 1. The number of ether oxygens (including phenoxy) is 1. The summed E-state index contributed by atoms with van der Waals surface area (Å²) in [5, 5.41) is 0. The normalized spacial score (nSPS) is 7.50. The SMILES string of the molecule is O=COCCS. The van der Waals surface area contributed by atoms with Crippen molar-refractivity contribution in [1.29, 1.82) is 0 Å². The van der Waals surface area contributed by atoms with E-state index in [0.29, 0.717) is 18.8 Å². The molecule has 0 aromatic heterocycles. The molecule has 0 radical (unpaired) electrons. The number of carbonyl (C=O) groups is 1. The van der Waals surface area contributed by atoms with Crippen molar-refractivity contribution in [3.8, 4) is 0 Å². The van der Waals surface area contributed by atoms with Gasteiger partial charge in [-0.15, -0.1) is 0 Å². The van der Waals surface area contributed by atoms with E-state index in [4.69, 9.17) is 0 Å². The second kappa shape index (κ2) is 4.82. The van der Waals surface area contributed by atoms with Crippen LogP contribution in [0.1, 0.15) is 0 Å². The number of hydrogen-bond acceptors (Lipinski definition) is 3. The molecule has 3 heteroatoms. The van der Waals surface area contributed by atoms with Crippen LogP contribution < -0.4 is 0 Å². The van der Waals surface area contributed by atoms with Crippen LogP contribution in [0.3, 0.4) is 0 Å². The average Bonchev–Trinajstić information content (AvgIpc) is 1.61. The van der Waals surface area contributed by atoms with Gasteiger partial charge in [0.05, 0.1) is 6.61 Å². The molecule has 6 heavy (non-hydrogen) atoms. The predicted octanol–water partition coefficient (Wildman–Crippen LogP) is 0.0892. The highest BCUT2D eigenvalue weighted by atomic mass is 32.1. The van der Waals surface area contributed by atoms with Crippen LogP contribution in [0.15, 0.2) is 0 Å². The van der Waals surface area contributed by atoms with Gasteiger partial charge in [0.15, 0.2) is 0 Å². The van der Waals surface area contributed by atoms with E-state index in [1.165, 1.54) is 0 Å². The zero-order valence-electron chi connectivity index (χ0n) is 3.26. The van der Waals surface area contributed by atoms with Gasteiger partial charge in [0.2, 0.25) is 0 Å². The fourth-order valence-electron chi connectivity index (χ4n) is 0.101. The van der Waals surface area contributed by atoms with Crippen LogP contribution in [-0.4, -0.2) is 18.8 Å². The van der Waals surface area contributed by atoms with Crippen LogP contribution in [0.2, 0.25) is 0 Å². The van der Waals surface area contributed by atoms with Crippen LogP contribution in [0.5, 0.6) is 0 Å². The predicted molar refractivity (Wildman–Crippen MR) is 25.9 cm³/mol. The monoisotopic (exact) mass is 106 g/mol. The molecule has 36 valence electrons. The lowest BCUT2D eigenvalue weighted by Crippen LogP contribution is -1.90. The molecule has 0 aliphatic heterocycles. The molecule has 0 amide bonds. The molecule has 0 aromatic carbocycles. The summed E-state index contributed by atoms with van der Waals surface area (Å²) in [5.74, 6) is 0.596. The van der Waals surface area contributed by atoms with Crippen LogP contribution in [0.4, 0.5) is 0 Å². The maximum Gasteiger partial charge on any atom is 0.293 e. The van der Waals surface area contributed by atoms with Crippen molar-refractivity contribution in [1.82, 2.24) is 0 Å². The summed E-state index contributed by atoms with van der Waals surface area (Å²) in [6, 6.07) is 0. The van der Waals surface area contributed by atoms with E-state index in [2.05, 4.69) is 17.4 Å². The average molecular weight is 106 g/mol. The molecule has 0 atom stereocenters. The summed E-state index contributed by atoms with van der Waals surface area (Å²) in [5.41, 5.74) is 0. The molecule has 0 saturated heterocycles. The van der Waals surface area contributed by atoms with Gasteiger partial charge in [0.25, 0.3) is 6.47 Å². The Kier molecular flexibility index (Phi) is 4.68. The van der Waals surface area contributed by atoms with Crippen LogP contribution in [-0.2, 0) is 9.53 Å². The highest BCUT2D eigenvalue weighted by Crippen LogP contribution is 1.70. The minimum absolute atomic E-state index is 0.409. The Morgan fingerprint density at radius 1 is 1.83 bits per heavy atom. The Bertz CT molecular complexity index is 37.8. The van der Waals surface area contributed by atoms with Crippen molar-refractivity contribution in [2.45, 2.75) is 0 Å². The first-order valence-electron chi connectivity index (χ1n) is 1.58. The molecule has 0 N–H and O–H groups in total. The van der Waals surface area contributed by atoms with Crippen molar-refractivity contribution in [2.75, 3.05) is 12.4 Å². The highest BCUT2D eigenvalue weighted by Gasteiger charge is 1.72. The lowest BCUT2D eigenvalue weighted by Gasteiger charge is -1.86. The van der Waals surface area contributed by atoms with E-state index in [1.54, 1.807) is 0 Å². The van der Waals surface area contributed by atoms with E-state index >= 15 is 0 Å². The molecule has 0 rings (SSSR count). The van der Waals surface area contributed by atoms with Crippen molar-refractivity contribution < 1.29 is 9.53 Å². The molecule has 0 aliphatic carbocycles. The molecule has 0 spiro atoms. The van der Waals surface area contributed by atoms with E-state index < -0.39 is 0 Å². The van der Waals surface area contributed by atoms with Crippen molar-refractivity contribution >= 4 is 19.1 Å². The summed E-state index contributed by atoms with van der Waals surface area (Å²) in [7, 11) is 0. The maximum absolute atomic E-state index is 9.31. The molecule has 0 aromatic rings. The van der Waals surface area contributed by atoms with Crippen LogP contribution in [0.25, 0.3) is 0 Å². The van der Waals surface area contributed by atoms with Gasteiger partial charge in [-0.3, -0.25) is 4.79 Å². The van der Waals surface area contributed by atoms with Gasteiger partial charge in [0.1, 0.15) is 0 Å². The standard InChI is InChI=1S/C3H6O2S/c4-3-5-1-2-6/h3,6H,1-2H2. The van der Waals surface area contributed by atoms with Crippen molar-refractivity contribution in [2.24, 2.45) is 0 Å². The zero-order chi connectivity index (χ0) is 4.83. The van der Waals surface area contributed by atoms with Crippen LogP contribution in [0, 0.1) is 0 Å². The second-order valence-corrected chi connectivity index (χ2v) is 1.14. The molecule has 0 aliphatic rings. The van der Waals surface area contributed by atoms with E-state index in [-0.39, 0.29) is 0 Å². The number of hydrogen-bond donors (Lipinski definition) is 1. The number of rotatable bonds is 3. The Labute approximate surface area is 41.9 Å². The fourth-order valence-corrected chi connectivity index (χ4v) is 0.206. The maximum atomic E-state index is 9.31. The fraction of sp³-hybridized carbons (Fsp3) is 0.667. The Hall–Kier alpha value is -0.180. The van der Waals surface area contributed by atoms with E-state index in [9.17, 15) is 4.79 Å². The Morgan fingerprint density at radius 2 is 2.50 bits per heavy atom. The third kappa shape index (κ3) is 3.82. The van der Waals surface area contributed by atoms with Crippen molar-refractivity contribution in [3.63, 3.8) is 0 Å². The first-order valence-corrected chi connectivity index (χ1v) is 2.21. The Balaban J connectivity index is 2.49. The van der Waals surface area contributed by atoms with Crippen molar-refractivity contribution in [3.05, 3.63) is 0 Å². The molecular weight excluding hydrogens is 100 g/mol. The summed E-state index contributed by atoms with van der Waals surface area (Å²) in [6.45, 7) is 0.822.